The van der Waals surface area contributed by atoms with Gasteiger partial charge in [-0.15, -0.1) is 0 Å². The number of rotatable bonds is 1. The summed E-state index contributed by atoms with van der Waals surface area (Å²) in [6.45, 7) is 11.2. The van der Waals surface area contributed by atoms with Crippen LogP contribution in [0.2, 0.25) is 0 Å². The van der Waals surface area contributed by atoms with Crippen LogP contribution in [0, 0.1) is 13.8 Å². The molecular weight excluding hydrogens is 381 g/mol. The Hall–Kier alpha value is -1.20. The van der Waals surface area contributed by atoms with Gasteiger partial charge in [0.2, 0.25) is 21.1 Å². The van der Waals surface area contributed by atoms with Gasteiger partial charge < -0.3 is 0 Å². The van der Waals surface area contributed by atoms with Crippen molar-refractivity contribution < 1.29 is 25.2 Å². The second kappa shape index (κ2) is 6.20. The fraction of sp³-hybridized carbons (Fsp3) is 0.353. The van der Waals surface area contributed by atoms with E-state index in [0.29, 0.717) is 0 Å². The first-order valence-corrected chi connectivity index (χ1v) is 10.2. The van der Waals surface area contributed by atoms with E-state index in [4.69, 9.17) is 0 Å². The molecule has 2 aromatic rings. The average Bonchev–Trinajstić information content (AvgIpc) is 2.33. The maximum atomic E-state index is 9.87. The Labute approximate surface area is 147 Å². The summed E-state index contributed by atoms with van der Waals surface area (Å²) >= 11 is 1.91. The molecular formula is C17H21F6PS. The minimum atomic E-state index is -10.7. The van der Waals surface area contributed by atoms with Crippen molar-refractivity contribution >= 4 is 19.1 Å². The summed E-state index contributed by atoms with van der Waals surface area (Å²) in [5.74, 6) is 0. The molecule has 2 rings (SSSR count). The van der Waals surface area contributed by atoms with Gasteiger partial charge in [0, 0.05) is 23.1 Å². The van der Waals surface area contributed by atoms with Crippen molar-refractivity contribution in [3.63, 3.8) is 0 Å². The fourth-order valence-corrected chi connectivity index (χ4v) is 3.36. The van der Waals surface area contributed by atoms with Gasteiger partial charge in [-0.3, -0.25) is 0 Å². The minimum absolute atomic E-state index is 0.216. The molecule has 0 saturated heterocycles. The fourth-order valence-electron chi connectivity index (χ4n) is 1.98. The van der Waals surface area contributed by atoms with E-state index in [1.165, 1.54) is 26.4 Å². The molecule has 0 nitrogen and oxygen atoms in total. The van der Waals surface area contributed by atoms with Crippen molar-refractivity contribution in [2.24, 2.45) is 0 Å². The van der Waals surface area contributed by atoms with Crippen LogP contribution in [0.5, 0.6) is 0 Å². The van der Waals surface area contributed by atoms with Gasteiger partial charge in [0.25, 0.3) is 0 Å². The Balaban J connectivity index is 0.000000381. The van der Waals surface area contributed by atoms with E-state index < -0.39 is 7.81 Å². The van der Waals surface area contributed by atoms with Crippen LogP contribution < -0.4 is 0 Å². The number of hydrogen-bond donors (Lipinski definition) is 0. The van der Waals surface area contributed by atoms with Crippen LogP contribution in [-0.2, 0) is 5.41 Å². The van der Waals surface area contributed by atoms with Crippen LogP contribution >= 0.6 is 19.1 Å². The van der Waals surface area contributed by atoms with E-state index in [9.17, 15) is 25.2 Å². The predicted octanol–water partition coefficient (Wildman–Crippen LogP) is 8.99. The van der Waals surface area contributed by atoms with Crippen molar-refractivity contribution in [3.8, 4) is 10.4 Å². The van der Waals surface area contributed by atoms with Gasteiger partial charge in [0.1, 0.15) is 0 Å². The normalized spacial score (nSPS) is 14.8. The Morgan fingerprint density at radius 2 is 1.32 bits per heavy atom. The molecule has 0 saturated carbocycles. The second-order valence-corrected chi connectivity index (χ2v) is 9.89. The van der Waals surface area contributed by atoms with Crippen LogP contribution in [-0.4, -0.2) is 0 Å². The quantitative estimate of drug-likeness (QED) is 0.254. The molecule has 0 fully saturated rings. The molecule has 1 aromatic heterocycles. The molecule has 0 unspecified atom stereocenters. The van der Waals surface area contributed by atoms with E-state index in [1.54, 1.807) is 0 Å². The van der Waals surface area contributed by atoms with Crippen molar-refractivity contribution in [1.29, 1.82) is 0 Å². The van der Waals surface area contributed by atoms with E-state index in [1.807, 2.05) is 11.3 Å². The maximum absolute atomic E-state index is 10.7. The van der Waals surface area contributed by atoms with Crippen molar-refractivity contribution in [2.75, 3.05) is 0 Å². The molecule has 0 spiro atoms. The molecule has 142 valence electrons. The second-order valence-electron chi connectivity index (χ2n) is 6.89. The molecule has 0 aliphatic carbocycles. The Morgan fingerprint density at radius 3 is 1.76 bits per heavy atom. The molecule has 8 heteroatoms. The summed E-state index contributed by atoms with van der Waals surface area (Å²) in [6.07, 6.45) is 0. The first-order valence-electron chi connectivity index (χ1n) is 7.40. The van der Waals surface area contributed by atoms with Gasteiger partial charge >= 0.3 is 33.0 Å². The van der Waals surface area contributed by atoms with Gasteiger partial charge in [0.05, 0.1) is 0 Å². The van der Waals surface area contributed by atoms with E-state index >= 15 is 0 Å². The van der Waals surface area contributed by atoms with Crippen molar-refractivity contribution in [2.45, 2.75) is 40.0 Å². The van der Waals surface area contributed by atoms with Gasteiger partial charge in [-0.25, -0.2) is 0 Å². The van der Waals surface area contributed by atoms with Crippen LogP contribution in [0.25, 0.3) is 10.4 Å². The van der Waals surface area contributed by atoms with Gasteiger partial charge in [0.15, 0.2) is 0 Å². The number of hydrogen-bond acceptors (Lipinski definition) is 0. The summed E-state index contributed by atoms with van der Waals surface area (Å²) in [4.78, 5) is 2.82. The zero-order valence-electron chi connectivity index (χ0n) is 14.6. The van der Waals surface area contributed by atoms with E-state index in [2.05, 4.69) is 71.0 Å². The predicted molar refractivity (Wildman–Crippen MR) is 95.9 cm³/mol. The summed E-state index contributed by atoms with van der Waals surface area (Å²) in [7, 11) is -10.7. The van der Waals surface area contributed by atoms with E-state index in [0.717, 1.165) is 0 Å². The summed E-state index contributed by atoms with van der Waals surface area (Å²) in [5, 5.41) is 0. The molecule has 1 heterocycles. The third-order valence-corrected chi connectivity index (χ3v) is 4.59. The average molecular weight is 402 g/mol. The zero-order valence-corrected chi connectivity index (χ0v) is 16.3. The van der Waals surface area contributed by atoms with Crippen molar-refractivity contribution in [1.82, 2.24) is 0 Å². The molecule has 0 bridgehead atoms. The first-order chi connectivity index (χ1) is 10.8. The molecule has 0 radical (unpaired) electrons. The third-order valence-electron chi connectivity index (χ3n) is 3.09. The molecule has 25 heavy (non-hydrogen) atoms. The van der Waals surface area contributed by atoms with Crippen molar-refractivity contribution in [3.05, 3.63) is 52.4 Å². The zero-order chi connectivity index (χ0) is 19.7. The monoisotopic (exact) mass is 402 g/mol. The Kier molecular flexibility index (Phi) is 5.42. The molecule has 0 aliphatic heterocycles. The molecule has 0 amide bonds. The van der Waals surface area contributed by atoms with Crippen LogP contribution in [0.1, 0.15) is 36.8 Å². The van der Waals surface area contributed by atoms with Crippen LogP contribution in [0.4, 0.5) is 25.2 Å². The van der Waals surface area contributed by atoms with E-state index in [-0.39, 0.29) is 5.41 Å². The standard InChI is InChI=1S/C17H21S.F6P/c1-12-10-15(14-9-7-6-8-13(14)2)18-16(11-12)17(3,4)5;1-7(2,3,4,5)6/h6-11H,1-5H3;/q+1;-1. The number of benzene rings is 1. The summed E-state index contributed by atoms with van der Waals surface area (Å²) < 4.78 is 59.2. The summed E-state index contributed by atoms with van der Waals surface area (Å²) in [5.41, 5.74) is 4.27. The van der Waals surface area contributed by atoms with Gasteiger partial charge in [-0.1, -0.05) is 39.0 Å². The number of aryl methyl sites for hydroxylation is 2. The Bertz CT molecular complexity index is 749. The topological polar surface area (TPSA) is 0 Å². The van der Waals surface area contributed by atoms with Gasteiger partial charge in [-0.05, 0) is 31.0 Å². The van der Waals surface area contributed by atoms with Crippen LogP contribution in [0.15, 0.2) is 36.4 Å². The first kappa shape index (κ1) is 21.8. The van der Waals surface area contributed by atoms with Gasteiger partial charge in [-0.2, -0.15) is 0 Å². The molecule has 0 atom stereocenters. The number of halogens is 6. The molecule has 1 aromatic carbocycles. The SMILES string of the molecule is Cc1cc(-c2ccccc2C)[s+]c(C(C)(C)C)c1.F[P-](F)(F)(F)(F)F. The third kappa shape index (κ3) is 9.75. The Morgan fingerprint density at radius 1 is 0.840 bits per heavy atom. The van der Waals surface area contributed by atoms with Crippen LogP contribution in [0.3, 0.4) is 0 Å². The molecule has 0 aliphatic rings. The summed E-state index contributed by atoms with van der Waals surface area (Å²) in [6, 6.07) is 13.2. The molecule has 0 N–H and O–H groups in total.